The first kappa shape index (κ1) is 17.5. The van der Waals surface area contributed by atoms with Gasteiger partial charge in [-0.25, -0.2) is 4.79 Å². The lowest BCUT2D eigenvalue weighted by Gasteiger charge is -2.29. The van der Waals surface area contributed by atoms with Crippen molar-refractivity contribution in [2.45, 2.75) is 51.4 Å². The Labute approximate surface area is 127 Å². The molecule has 5 nitrogen and oxygen atoms in total. The quantitative estimate of drug-likeness (QED) is 0.431. The van der Waals surface area contributed by atoms with Crippen LogP contribution >= 0.6 is 0 Å². The highest BCUT2D eigenvalue weighted by molar-refractivity contribution is 5.78. The minimum absolute atomic E-state index is 0.191. The summed E-state index contributed by atoms with van der Waals surface area (Å²) in [5.41, 5.74) is -0.784. The molecule has 0 saturated heterocycles. The lowest BCUT2D eigenvalue weighted by molar-refractivity contribution is -0.149. The fourth-order valence-corrected chi connectivity index (χ4v) is 2.83. The van der Waals surface area contributed by atoms with E-state index in [1.807, 2.05) is 6.08 Å². The van der Waals surface area contributed by atoms with Gasteiger partial charge in [-0.2, -0.15) is 0 Å². The summed E-state index contributed by atoms with van der Waals surface area (Å²) >= 11 is 0. The van der Waals surface area contributed by atoms with Crippen LogP contribution in [0.1, 0.15) is 51.4 Å². The molecule has 1 aliphatic rings. The van der Waals surface area contributed by atoms with Crippen LogP contribution in [0.15, 0.2) is 12.7 Å². The Bertz CT molecular complexity index is 361. The molecule has 0 aromatic heterocycles. The highest BCUT2D eigenvalue weighted by Crippen LogP contribution is 2.34. The minimum Gasteiger partial charge on any atom is -0.481 e. The van der Waals surface area contributed by atoms with E-state index in [1.54, 1.807) is 11.9 Å². The third-order valence-corrected chi connectivity index (χ3v) is 4.34. The summed E-state index contributed by atoms with van der Waals surface area (Å²) in [6.07, 6.45) is 8.92. The lowest BCUT2D eigenvalue weighted by Crippen LogP contribution is -2.46. The largest absolute Gasteiger partial charge is 0.481 e. The van der Waals surface area contributed by atoms with Gasteiger partial charge < -0.3 is 15.3 Å². The first-order chi connectivity index (χ1) is 10.0. The predicted molar refractivity (Wildman–Crippen MR) is 83.2 cm³/mol. The second-order valence-corrected chi connectivity index (χ2v) is 6.01. The van der Waals surface area contributed by atoms with Gasteiger partial charge in [-0.05, 0) is 25.7 Å². The highest BCUT2D eigenvalue weighted by atomic mass is 16.4. The molecule has 2 N–H and O–H groups in total. The number of carbonyl (C=O) groups is 2. The van der Waals surface area contributed by atoms with Crippen LogP contribution in [0.25, 0.3) is 0 Å². The Morgan fingerprint density at radius 1 is 1.29 bits per heavy atom. The Hall–Kier alpha value is -1.52. The maximum absolute atomic E-state index is 12.0. The highest BCUT2D eigenvalue weighted by Gasteiger charge is 2.39. The van der Waals surface area contributed by atoms with Gasteiger partial charge in [0.25, 0.3) is 0 Å². The molecule has 120 valence electrons. The molecule has 1 fully saturated rings. The molecule has 0 spiro atoms. The number of carbonyl (C=O) groups excluding carboxylic acids is 1. The average molecular weight is 296 g/mol. The molecule has 1 saturated carbocycles. The number of urea groups is 1. The summed E-state index contributed by atoms with van der Waals surface area (Å²) in [4.78, 5) is 25.3. The van der Waals surface area contributed by atoms with E-state index in [0.29, 0.717) is 19.4 Å². The standard InChI is InChI=1S/C16H28N2O3/c1-3-4-9-12-18(2)15(21)17-13-16(14(19)20)10-7-5-6-8-11-16/h3H,1,4-13H2,2H3,(H,17,21)(H,19,20). The summed E-state index contributed by atoms with van der Waals surface area (Å²) in [6, 6.07) is -0.191. The summed E-state index contributed by atoms with van der Waals surface area (Å²) in [7, 11) is 1.74. The van der Waals surface area contributed by atoms with E-state index >= 15 is 0 Å². The monoisotopic (exact) mass is 296 g/mol. The van der Waals surface area contributed by atoms with E-state index in [2.05, 4.69) is 11.9 Å². The van der Waals surface area contributed by atoms with Crippen molar-refractivity contribution < 1.29 is 14.7 Å². The van der Waals surface area contributed by atoms with E-state index in [-0.39, 0.29) is 12.6 Å². The van der Waals surface area contributed by atoms with Crippen molar-refractivity contribution in [3.8, 4) is 0 Å². The van der Waals surface area contributed by atoms with Crippen LogP contribution in [0.2, 0.25) is 0 Å². The second-order valence-electron chi connectivity index (χ2n) is 6.01. The third-order valence-electron chi connectivity index (χ3n) is 4.34. The van der Waals surface area contributed by atoms with Gasteiger partial charge >= 0.3 is 12.0 Å². The molecule has 0 aliphatic heterocycles. The van der Waals surface area contributed by atoms with Gasteiger partial charge in [-0.15, -0.1) is 6.58 Å². The Morgan fingerprint density at radius 2 is 1.90 bits per heavy atom. The van der Waals surface area contributed by atoms with E-state index < -0.39 is 11.4 Å². The van der Waals surface area contributed by atoms with E-state index in [9.17, 15) is 14.7 Å². The van der Waals surface area contributed by atoms with E-state index in [1.165, 1.54) is 0 Å². The third kappa shape index (κ3) is 5.40. The number of allylic oxidation sites excluding steroid dienone is 1. The van der Waals surface area contributed by atoms with Crippen LogP contribution in [0, 0.1) is 5.41 Å². The van der Waals surface area contributed by atoms with Crippen molar-refractivity contribution >= 4 is 12.0 Å². The Kier molecular flexibility index (Phi) is 7.26. The van der Waals surface area contributed by atoms with Crippen LogP contribution in [-0.2, 0) is 4.79 Å². The number of unbranched alkanes of at least 4 members (excludes halogenated alkanes) is 1. The maximum Gasteiger partial charge on any atom is 0.317 e. The second kappa shape index (κ2) is 8.70. The summed E-state index contributed by atoms with van der Waals surface area (Å²) in [5.74, 6) is -0.779. The number of hydrogen-bond donors (Lipinski definition) is 2. The number of aliphatic carboxylic acids is 1. The predicted octanol–water partition coefficient (Wildman–Crippen LogP) is 3.02. The fraction of sp³-hybridized carbons (Fsp3) is 0.750. The molecule has 2 amide bonds. The zero-order valence-corrected chi connectivity index (χ0v) is 13.1. The van der Waals surface area contributed by atoms with Gasteiger partial charge in [0.05, 0.1) is 5.41 Å². The van der Waals surface area contributed by atoms with Crippen molar-refractivity contribution in [1.82, 2.24) is 10.2 Å². The van der Waals surface area contributed by atoms with Crippen molar-refractivity contribution in [2.24, 2.45) is 5.41 Å². The van der Waals surface area contributed by atoms with Crippen molar-refractivity contribution in [3.63, 3.8) is 0 Å². The molecule has 0 heterocycles. The number of rotatable bonds is 7. The fourth-order valence-electron chi connectivity index (χ4n) is 2.83. The van der Waals surface area contributed by atoms with Crippen molar-refractivity contribution in [2.75, 3.05) is 20.1 Å². The average Bonchev–Trinajstić information content (AvgIpc) is 2.71. The number of nitrogens with one attached hydrogen (secondary N) is 1. The van der Waals surface area contributed by atoms with Crippen LogP contribution in [0.4, 0.5) is 4.79 Å². The number of nitrogens with zero attached hydrogens (tertiary/aromatic N) is 1. The van der Waals surface area contributed by atoms with Crippen LogP contribution < -0.4 is 5.32 Å². The molecule has 0 aromatic rings. The lowest BCUT2D eigenvalue weighted by atomic mass is 9.80. The molecule has 0 atom stereocenters. The number of carboxylic acid groups (broad SMARTS) is 1. The topological polar surface area (TPSA) is 69.6 Å². The van der Waals surface area contributed by atoms with E-state index in [0.717, 1.165) is 38.5 Å². The molecule has 0 unspecified atom stereocenters. The molecule has 0 bridgehead atoms. The molecule has 1 rings (SSSR count). The number of carboxylic acids is 1. The summed E-state index contributed by atoms with van der Waals surface area (Å²) in [5, 5.41) is 12.4. The van der Waals surface area contributed by atoms with Gasteiger partial charge in [0.1, 0.15) is 0 Å². The van der Waals surface area contributed by atoms with Gasteiger partial charge in [0, 0.05) is 20.1 Å². The molecule has 1 aliphatic carbocycles. The number of hydrogen-bond acceptors (Lipinski definition) is 2. The maximum atomic E-state index is 12.0. The van der Waals surface area contributed by atoms with Crippen LogP contribution in [-0.4, -0.2) is 42.1 Å². The first-order valence-electron chi connectivity index (χ1n) is 7.85. The van der Waals surface area contributed by atoms with Crippen molar-refractivity contribution in [3.05, 3.63) is 12.7 Å². The zero-order chi connectivity index (χ0) is 15.7. The normalized spacial score (nSPS) is 17.6. The van der Waals surface area contributed by atoms with Gasteiger partial charge in [0.2, 0.25) is 0 Å². The Balaban J connectivity index is 2.50. The molecular formula is C16H28N2O3. The summed E-state index contributed by atoms with van der Waals surface area (Å²) in [6.45, 7) is 4.53. The molecule has 0 radical (unpaired) electrons. The van der Waals surface area contributed by atoms with Crippen molar-refractivity contribution in [1.29, 1.82) is 0 Å². The molecular weight excluding hydrogens is 268 g/mol. The molecule has 0 aromatic carbocycles. The van der Waals surface area contributed by atoms with Crippen LogP contribution in [0.5, 0.6) is 0 Å². The number of amides is 2. The molecule has 21 heavy (non-hydrogen) atoms. The minimum atomic E-state index is -0.784. The van der Waals surface area contributed by atoms with E-state index in [4.69, 9.17) is 0 Å². The van der Waals surface area contributed by atoms with Gasteiger partial charge in [-0.1, -0.05) is 31.8 Å². The van der Waals surface area contributed by atoms with Crippen LogP contribution in [0.3, 0.4) is 0 Å². The summed E-state index contributed by atoms with van der Waals surface area (Å²) < 4.78 is 0. The molecule has 5 heteroatoms. The Morgan fingerprint density at radius 3 is 2.43 bits per heavy atom. The van der Waals surface area contributed by atoms with Gasteiger partial charge in [0.15, 0.2) is 0 Å². The SMILES string of the molecule is C=CCCCN(C)C(=O)NCC1(C(=O)O)CCCCCC1. The smallest absolute Gasteiger partial charge is 0.317 e. The zero-order valence-electron chi connectivity index (χ0n) is 13.1. The first-order valence-corrected chi connectivity index (χ1v) is 7.85. The van der Waals surface area contributed by atoms with Gasteiger partial charge in [-0.3, -0.25) is 4.79 Å².